The topological polar surface area (TPSA) is 59.3 Å². The zero-order chi connectivity index (χ0) is 11.4. The van der Waals surface area contributed by atoms with Gasteiger partial charge < -0.3 is 5.32 Å². The van der Waals surface area contributed by atoms with Crippen molar-refractivity contribution in [3.05, 3.63) is 24.5 Å². The standard InChI is InChI=1S/C10H12N4OS/c1-8(15)11-5-7-16-10-3-2-9-12-4-6-14(9)13-10/h2-4,6H,5,7H2,1H3,(H,11,15). The van der Waals surface area contributed by atoms with Gasteiger partial charge in [-0.25, -0.2) is 9.50 Å². The molecule has 0 atom stereocenters. The van der Waals surface area contributed by atoms with E-state index in [1.807, 2.05) is 18.3 Å². The number of aromatic nitrogens is 3. The highest BCUT2D eigenvalue weighted by Crippen LogP contribution is 2.14. The number of carbonyl (C=O) groups is 1. The van der Waals surface area contributed by atoms with Gasteiger partial charge in [0, 0.05) is 31.6 Å². The number of nitrogens with zero attached hydrogens (tertiary/aromatic N) is 3. The van der Waals surface area contributed by atoms with E-state index in [0.29, 0.717) is 6.54 Å². The molecule has 2 heterocycles. The van der Waals surface area contributed by atoms with Crippen molar-refractivity contribution in [2.45, 2.75) is 11.9 Å². The molecule has 2 aromatic rings. The summed E-state index contributed by atoms with van der Waals surface area (Å²) in [5, 5.41) is 8.02. The third-order valence-electron chi connectivity index (χ3n) is 1.96. The Balaban J connectivity index is 1.91. The summed E-state index contributed by atoms with van der Waals surface area (Å²) in [6.45, 7) is 2.17. The first-order valence-corrected chi connectivity index (χ1v) is 5.92. The Morgan fingerprint density at radius 2 is 2.44 bits per heavy atom. The summed E-state index contributed by atoms with van der Waals surface area (Å²) in [5.74, 6) is 0.811. The molecule has 1 N–H and O–H groups in total. The molecule has 0 aliphatic heterocycles. The van der Waals surface area contributed by atoms with Crippen molar-refractivity contribution in [3.63, 3.8) is 0 Å². The minimum absolute atomic E-state index is 0.00128. The third kappa shape index (κ3) is 2.73. The van der Waals surface area contributed by atoms with Gasteiger partial charge >= 0.3 is 0 Å². The van der Waals surface area contributed by atoms with E-state index >= 15 is 0 Å². The molecule has 5 nitrogen and oxygen atoms in total. The highest BCUT2D eigenvalue weighted by Gasteiger charge is 1.99. The summed E-state index contributed by atoms with van der Waals surface area (Å²) in [4.78, 5) is 14.8. The van der Waals surface area contributed by atoms with Gasteiger partial charge in [-0.05, 0) is 12.1 Å². The molecule has 0 unspecified atom stereocenters. The number of thioether (sulfide) groups is 1. The van der Waals surface area contributed by atoms with Crippen LogP contribution in [0.2, 0.25) is 0 Å². The average Bonchev–Trinajstić information content (AvgIpc) is 2.71. The van der Waals surface area contributed by atoms with E-state index in [2.05, 4.69) is 15.4 Å². The maximum Gasteiger partial charge on any atom is 0.216 e. The van der Waals surface area contributed by atoms with Crippen LogP contribution in [0.15, 0.2) is 29.6 Å². The fourth-order valence-electron chi connectivity index (χ4n) is 1.26. The number of amides is 1. The average molecular weight is 236 g/mol. The highest BCUT2D eigenvalue weighted by atomic mass is 32.2. The van der Waals surface area contributed by atoms with E-state index in [9.17, 15) is 4.79 Å². The third-order valence-corrected chi connectivity index (χ3v) is 2.88. The van der Waals surface area contributed by atoms with E-state index in [4.69, 9.17) is 0 Å². The van der Waals surface area contributed by atoms with Gasteiger partial charge in [0.2, 0.25) is 5.91 Å². The first-order chi connectivity index (χ1) is 7.75. The minimum Gasteiger partial charge on any atom is -0.356 e. The Kier molecular flexibility index (Phi) is 3.40. The van der Waals surface area contributed by atoms with Gasteiger partial charge in [-0.2, -0.15) is 5.10 Å². The van der Waals surface area contributed by atoms with Crippen molar-refractivity contribution in [2.24, 2.45) is 0 Å². The lowest BCUT2D eigenvalue weighted by atomic mass is 10.6. The van der Waals surface area contributed by atoms with Crippen LogP contribution in [0.5, 0.6) is 0 Å². The molecule has 1 amide bonds. The van der Waals surface area contributed by atoms with Gasteiger partial charge in [-0.15, -0.1) is 11.8 Å². The Morgan fingerprint density at radius 1 is 1.56 bits per heavy atom. The lowest BCUT2D eigenvalue weighted by molar-refractivity contribution is -0.118. The zero-order valence-electron chi connectivity index (χ0n) is 8.88. The summed E-state index contributed by atoms with van der Waals surface area (Å²) in [6.07, 6.45) is 3.53. The van der Waals surface area contributed by atoms with Crippen molar-refractivity contribution in [1.82, 2.24) is 19.9 Å². The molecule has 2 aromatic heterocycles. The number of rotatable bonds is 4. The molecule has 0 bridgehead atoms. The molecule has 2 rings (SSSR count). The van der Waals surface area contributed by atoms with Crippen LogP contribution >= 0.6 is 11.8 Å². The number of fused-ring (bicyclic) bond motifs is 1. The molecule has 0 aliphatic rings. The maximum atomic E-state index is 10.6. The largest absolute Gasteiger partial charge is 0.356 e. The molecule has 0 spiro atoms. The van der Waals surface area contributed by atoms with E-state index < -0.39 is 0 Å². The van der Waals surface area contributed by atoms with Crippen LogP contribution in [-0.4, -0.2) is 32.8 Å². The summed E-state index contributed by atoms with van der Waals surface area (Å²) in [5.41, 5.74) is 0.839. The van der Waals surface area contributed by atoms with E-state index in [-0.39, 0.29) is 5.91 Å². The zero-order valence-corrected chi connectivity index (χ0v) is 9.70. The highest BCUT2D eigenvalue weighted by molar-refractivity contribution is 7.99. The van der Waals surface area contributed by atoms with Crippen LogP contribution in [0.4, 0.5) is 0 Å². The van der Waals surface area contributed by atoms with Crippen molar-refractivity contribution >= 4 is 23.3 Å². The summed E-state index contributed by atoms with van der Waals surface area (Å²) in [6, 6.07) is 3.86. The van der Waals surface area contributed by atoms with Gasteiger partial charge in [-0.1, -0.05) is 0 Å². The summed E-state index contributed by atoms with van der Waals surface area (Å²) >= 11 is 1.61. The maximum absolute atomic E-state index is 10.6. The molecular formula is C10H12N4OS. The fourth-order valence-corrected chi connectivity index (χ4v) is 1.98. The van der Waals surface area contributed by atoms with E-state index in [1.54, 1.807) is 22.5 Å². The van der Waals surface area contributed by atoms with E-state index in [0.717, 1.165) is 16.4 Å². The SMILES string of the molecule is CC(=O)NCCSc1ccc2nccn2n1. The van der Waals surface area contributed by atoms with Crippen LogP contribution in [-0.2, 0) is 4.79 Å². The number of imidazole rings is 1. The lowest BCUT2D eigenvalue weighted by Crippen LogP contribution is -2.22. The second kappa shape index (κ2) is 4.98. The van der Waals surface area contributed by atoms with Crippen LogP contribution < -0.4 is 5.32 Å². The van der Waals surface area contributed by atoms with Crippen LogP contribution in [0.3, 0.4) is 0 Å². The minimum atomic E-state index is -0.00128. The Bertz CT molecular complexity index is 496. The van der Waals surface area contributed by atoms with Gasteiger partial charge in [0.15, 0.2) is 5.65 Å². The molecule has 0 aliphatic carbocycles. The van der Waals surface area contributed by atoms with Gasteiger partial charge in [0.25, 0.3) is 0 Å². The van der Waals surface area contributed by atoms with Crippen molar-refractivity contribution in [1.29, 1.82) is 0 Å². The first kappa shape index (κ1) is 10.9. The quantitative estimate of drug-likeness (QED) is 0.634. The predicted octanol–water partition coefficient (Wildman–Crippen LogP) is 0.957. The number of carbonyl (C=O) groups excluding carboxylic acids is 1. The Hall–Kier alpha value is -1.56. The summed E-state index contributed by atoms with van der Waals surface area (Å²) < 4.78 is 1.74. The first-order valence-electron chi connectivity index (χ1n) is 4.93. The second-order valence-electron chi connectivity index (χ2n) is 3.23. The van der Waals surface area contributed by atoms with Crippen LogP contribution in [0, 0.1) is 0 Å². The molecule has 16 heavy (non-hydrogen) atoms. The fraction of sp³-hybridized carbons (Fsp3) is 0.300. The number of hydrogen-bond acceptors (Lipinski definition) is 4. The van der Waals surface area contributed by atoms with Crippen LogP contribution in [0.1, 0.15) is 6.92 Å². The molecule has 0 saturated heterocycles. The Morgan fingerprint density at radius 3 is 3.25 bits per heavy atom. The van der Waals surface area contributed by atoms with Crippen molar-refractivity contribution in [3.8, 4) is 0 Å². The summed E-state index contributed by atoms with van der Waals surface area (Å²) in [7, 11) is 0. The van der Waals surface area contributed by atoms with E-state index in [1.165, 1.54) is 6.92 Å². The van der Waals surface area contributed by atoms with Gasteiger partial charge in [-0.3, -0.25) is 4.79 Å². The molecular weight excluding hydrogens is 224 g/mol. The molecule has 0 fully saturated rings. The van der Waals surface area contributed by atoms with Crippen molar-refractivity contribution < 1.29 is 4.79 Å². The lowest BCUT2D eigenvalue weighted by Gasteiger charge is -2.02. The molecule has 0 saturated carbocycles. The molecule has 0 radical (unpaired) electrons. The monoisotopic (exact) mass is 236 g/mol. The van der Waals surface area contributed by atoms with Crippen molar-refractivity contribution in [2.75, 3.05) is 12.3 Å². The number of nitrogens with one attached hydrogen (secondary N) is 1. The smallest absolute Gasteiger partial charge is 0.216 e. The number of hydrogen-bond donors (Lipinski definition) is 1. The normalized spacial score (nSPS) is 10.6. The van der Waals surface area contributed by atoms with Crippen LogP contribution in [0.25, 0.3) is 5.65 Å². The molecule has 0 aromatic carbocycles. The Labute approximate surface area is 97.3 Å². The van der Waals surface area contributed by atoms with Gasteiger partial charge in [0.1, 0.15) is 5.03 Å². The van der Waals surface area contributed by atoms with Gasteiger partial charge in [0.05, 0.1) is 0 Å². The molecule has 84 valence electrons. The predicted molar refractivity (Wildman–Crippen MR) is 62.4 cm³/mol. The second-order valence-corrected chi connectivity index (χ2v) is 4.35. The molecule has 6 heteroatoms.